The number of para-hydroxylation sites is 2. The molecule has 0 aliphatic heterocycles. The lowest BCUT2D eigenvalue weighted by molar-refractivity contribution is 0.150. The van der Waals surface area contributed by atoms with Gasteiger partial charge in [0.15, 0.2) is 0 Å². The standard InChI is InChI=1S/C32H28O6/c33-30(35-26-10-4-1-5-11-26)37-28-18-14-24(15-19-28)32(22-8-3-9-23-32)25-16-20-29(21-17-25)38-31(34)36-27-12-6-2-7-13-27/h1-2,4-7,10-21H,3,8-9,22-23H2. The van der Waals surface area contributed by atoms with Gasteiger partial charge in [-0.15, -0.1) is 0 Å². The van der Waals surface area contributed by atoms with E-state index >= 15 is 0 Å². The second kappa shape index (κ2) is 11.6. The van der Waals surface area contributed by atoms with Crippen LogP contribution in [0.25, 0.3) is 0 Å². The Hall–Kier alpha value is -4.58. The van der Waals surface area contributed by atoms with E-state index in [4.69, 9.17) is 18.9 Å². The number of carbonyl (C=O) groups excluding carboxylic acids is 2. The van der Waals surface area contributed by atoms with Crippen molar-refractivity contribution in [1.29, 1.82) is 0 Å². The summed E-state index contributed by atoms with van der Waals surface area (Å²) in [4.78, 5) is 24.3. The summed E-state index contributed by atoms with van der Waals surface area (Å²) in [5.41, 5.74) is 2.13. The van der Waals surface area contributed by atoms with Crippen molar-refractivity contribution in [2.75, 3.05) is 0 Å². The van der Waals surface area contributed by atoms with Crippen molar-refractivity contribution >= 4 is 12.3 Å². The molecule has 0 amide bonds. The van der Waals surface area contributed by atoms with Gasteiger partial charge in [0.25, 0.3) is 0 Å². The fourth-order valence-electron chi connectivity index (χ4n) is 4.99. The molecule has 0 radical (unpaired) electrons. The predicted octanol–water partition coefficient (Wildman–Crippen LogP) is 8.09. The molecule has 38 heavy (non-hydrogen) atoms. The van der Waals surface area contributed by atoms with E-state index in [9.17, 15) is 9.59 Å². The summed E-state index contributed by atoms with van der Waals surface area (Å²) in [6.45, 7) is 0. The lowest BCUT2D eigenvalue weighted by Crippen LogP contribution is -2.30. The molecule has 192 valence electrons. The molecule has 6 nitrogen and oxygen atoms in total. The predicted molar refractivity (Wildman–Crippen MR) is 143 cm³/mol. The third-order valence-electron chi connectivity index (χ3n) is 6.81. The smallest absolute Gasteiger partial charge is 0.395 e. The molecule has 0 N–H and O–H groups in total. The zero-order valence-corrected chi connectivity index (χ0v) is 20.9. The Bertz CT molecular complexity index is 1240. The Labute approximate surface area is 221 Å². The van der Waals surface area contributed by atoms with Gasteiger partial charge in [0.1, 0.15) is 23.0 Å². The van der Waals surface area contributed by atoms with Crippen LogP contribution in [-0.4, -0.2) is 12.3 Å². The number of hydrogen-bond acceptors (Lipinski definition) is 6. The molecular formula is C32H28O6. The van der Waals surface area contributed by atoms with Crippen molar-refractivity contribution in [3.8, 4) is 23.0 Å². The first-order valence-electron chi connectivity index (χ1n) is 12.7. The van der Waals surface area contributed by atoms with Gasteiger partial charge >= 0.3 is 12.3 Å². The van der Waals surface area contributed by atoms with Gasteiger partial charge in [0, 0.05) is 5.41 Å². The van der Waals surface area contributed by atoms with Crippen LogP contribution in [0, 0.1) is 0 Å². The fourth-order valence-corrected chi connectivity index (χ4v) is 4.99. The number of rotatable bonds is 6. The topological polar surface area (TPSA) is 71.1 Å². The van der Waals surface area contributed by atoms with Crippen molar-refractivity contribution in [2.45, 2.75) is 37.5 Å². The van der Waals surface area contributed by atoms with Crippen LogP contribution >= 0.6 is 0 Å². The minimum Gasteiger partial charge on any atom is -0.395 e. The van der Waals surface area contributed by atoms with Crippen molar-refractivity contribution in [1.82, 2.24) is 0 Å². The largest absolute Gasteiger partial charge is 0.519 e. The van der Waals surface area contributed by atoms with Crippen LogP contribution in [0.2, 0.25) is 0 Å². The molecule has 4 aromatic carbocycles. The van der Waals surface area contributed by atoms with E-state index in [1.165, 1.54) is 6.42 Å². The van der Waals surface area contributed by atoms with Crippen LogP contribution in [0.5, 0.6) is 23.0 Å². The molecule has 0 spiro atoms. The van der Waals surface area contributed by atoms with Gasteiger partial charge in [-0.05, 0) is 72.5 Å². The lowest BCUT2D eigenvalue weighted by atomic mass is 9.65. The number of hydrogen-bond donors (Lipinski definition) is 0. The van der Waals surface area contributed by atoms with Crippen molar-refractivity contribution in [2.24, 2.45) is 0 Å². The van der Waals surface area contributed by atoms with E-state index in [-0.39, 0.29) is 5.41 Å². The van der Waals surface area contributed by atoms with E-state index < -0.39 is 12.3 Å². The van der Waals surface area contributed by atoms with Gasteiger partial charge in [0.05, 0.1) is 0 Å². The van der Waals surface area contributed by atoms with Crippen LogP contribution in [0.1, 0.15) is 43.2 Å². The summed E-state index contributed by atoms with van der Waals surface area (Å²) in [5, 5.41) is 0. The van der Waals surface area contributed by atoms with Crippen LogP contribution in [0.15, 0.2) is 109 Å². The number of benzene rings is 4. The van der Waals surface area contributed by atoms with Crippen molar-refractivity contribution in [3.05, 3.63) is 120 Å². The van der Waals surface area contributed by atoms with Gasteiger partial charge in [-0.3, -0.25) is 0 Å². The van der Waals surface area contributed by atoms with E-state index in [1.807, 2.05) is 36.4 Å². The highest BCUT2D eigenvalue weighted by molar-refractivity contribution is 5.68. The molecular weight excluding hydrogens is 480 g/mol. The van der Waals surface area contributed by atoms with Gasteiger partial charge in [-0.2, -0.15) is 0 Å². The Balaban J connectivity index is 1.28. The van der Waals surface area contributed by atoms with Crippen LogP contribution < -0.4 is 18.9 Å². The van der Waals surface area contributed by atoms with E-state index in [2.05, 4.69) is 0 Å². The normalized spacial score (nSPS) is 14.2. The molecule has 1 aliphatic carbocycles. The summed E-state index contributed by atoms with van der Waals surface area (Å²) >= 11 is 0. The molecule has 4 aromatic rings. The summed E-state index contributed by atoms with van der Waals surface area (Å²) in [5.74, 6) is 1.69. The van der Waals surface area contributed by atoms with Crippen LogP contribution in [0.3, 0.4) is 0 Å². The molecule has 0 atom stereocenters. The molecule has 0 aromatic heterocycles. The van der Waals surface area contributed by atoms with Gasteiger partial charge in [-0.25, -0.2) is 9.59 Å². The quantitative estimate of drug-likeness (QED) is 0.194. The second-order valence-electron chi connectivity index (χ2n) is 9.23. The van der Waals surface area contributed by atoms with E-state index in [1.54, 1.807) is 72.8 Å². The maximum absolute atomic E-state index is 12.2. The lowest BCUT2D eigenvalue weighted by Gasteiger charge is -2.38. The highest BCUT2D eigenvalue weighted by Gasteiger charge is 2.35. The van der Waals surface area contributed by atoms with Crippen molar-refractivity contribution < 1.29 is 28.5 Å². The van der Waals surface area contributed by atoms with Crippen molar-refractivity contribution in [3.63, 3.8) is 0 Å². The average molecular weight is 509 g/mol. The molecule has 1 fully saturated rings. The van der Waals surface area contributed by atoms with Gasteiger partial charge in [-0.1, -0.05) is 79.9 Å². The second-order valence-corrected chi connectivity index (χ2v) is 9.23. The first-order valence-corrected chi connectivity index (χ1v) is 12.7. The van der Waals surface area contributed by atoms with Crippen LogP contribution in [0.4, 0.5) is 9.59 Å². The minimum absolute atomic E-state index is 0.176. The molecule has 6 heteroatoms. The summed E-state index contributed by atoms with van der Waals surface area (Å²) < 4.78 is 21.2. The minimum atomic E-state index is -0.780. The third kappa shape index (κ3) is 6.03. The average Bonchev–Trinajstić information content (AvgIpc) is 2.95. The number of carbonyl (C=O) groups is 2. The Kier molecular flexibility index (Phi) is 7.69. The first-order chi connectivity index (χ1) is 18.6. The van der Waals surface area contributed by atoms with E-state index in [0.29, 0.717) is 23.0 Å². The molecule has 5 rings (SSSR count). The zero-order valence-electron chi connectivity index (χ0n) is 20.9. The number of ether oxygens (including phenoxy) is 4. The maximum atomic E-state index is 12.2. The third-order valence-corrected chi connectivity index (χ3v) is 6.81. The summed E-state index contributed by atoms with van der Waals surface area (Å²) in [6.07, 6.45) is 3.86. The fraction of sp³-hybridized carbons (Fsp3) is 0.188. The molecule has 0 heterocycles. The zero-order chi connectivity index (χ0) is 26.2. The van der Waals surface area contributed by atoms with Crippen LogP contribution in [-0.2, 0) is 5.41 Å². The molecule has 0 saturated heterocycles. The Morgan fingerprint density at radius 1 is 0.447 bits per heavy atom. The Morgan fingerprint density at radius 2 is 0.789 bits per heavy atom. The monoisotopic (exact) mass is 508 g/mol. The van der Waals surface area contributed by atoms with Gasteiger partial charge in [0.2, 0.25) is 0 Å². The molecule has 1 saturated carbocycles. The molecule has 1 aliphatic rings. The molecule has 0 bridgehead atoms. The van der Waals surface area contributed by atoms with Gasteiger partial charge < -0.3 is 18.9 Å². The molecule has 0 unspecified atom stereocenters. The summed E-state index contributed by atoms with van der Waals surface area (Å²) in [6, 6.07) is 32.9. The highest BCUT2D eigenvalue weighted by atomic mass is 16.7. The first kappa shape index (κ1) is 25.1. The Morgan fingerprint density at radius 3 is 1.16 bits per heavy atom. The van der Waals surface area contributed by atoms with E-state index in [0.717, 1.165) is 36.8 Å². The maximum Gasteiger partial charge on any atom is 0.519 e. The SMILES string of the molecule is O=C(Oc1ccccc1)Oc1ccc(C2(c3ccc(OC(=O)Oc4ccccc4)cc3)CCCCC2)cc1. The summed E-state index contributed by atoms with van der Waals surface area (Å²) in [7, 11) is 0. The highest BCUT2D eigenvalue weighted by Crippen LogP contribution is 2.45.